The highest BCUT2D eigenvalue weighted by Gasteiger charge is 2.03. The van der Waals surface area contributed by atoms with Crippen molar-refractivity contribution in [2.75, 3.05) is 0 Å². The fraction of sp³-hybridized carbons (Fsp3) is 0. The molecule has 0 bridgehead atoms. The van der Waals surface area contributed by atoms with E-state index < -0.39 is 5.56 Å². The Bertz CT molecular complexity index is 939. The van der Waals surface area contributed by atoms with Crippen molar-refractivity contribution in [1.82, 2.24) is 10.2 Å². The van der Waals surface area contributed by atoms with Gasteiger partial charge in [0.1, 0.15) is 5.75 Å². The Hall–Kier alpha value is -3.22. The van der Waals surface area contributed by atoms with Crippen LogP contribution in [0.2, 0.25) is 0 Å². The molecule has 0 amide bonds. The summed E-state index contributed by atoms with van der Waals surface area (Å²) in [6, 6.07) is 10.8. The molecular formula is C14H10N4O3. The van der Waals surface area contributed by atoms with Crippen LogP contribution in [0, 0.1) is 0 Å². The van der Waals surface area contributed by atoms with Gasteiger partial charge >= 0.3 is 0 Å². The summed E-state index contributed by atoms with van der Waals surface area (Å²) in [7, 11) is 0. The normalized spacial score (nSPS) is 11.2. The van der Waals surface area contributed by atoms with Crippen molar-refractivity contribution in [3.63, 3.8) is 0 Å². The van der Waals surface area contributed by atoms with Crippen LogP contribution in [0.3, 0.4) is 0 Å². The molecule has 1 aromatic heterocycles. The van der Waals surface area contributed by atoms with Crippen LogP contribution in [-0.2, 0) is 0 Å². The first-order chi connectivity index (χ1) is 10.1. The van der Waals surface area contributed by atoms with Crippen molar-refractivity contribution >= 4 is 22.1 Å². The minimum absolute atomic E-state index is 0.144. The van der Waals surface area contributed by atoms with Gasteiger partial charge in [-0.1, -0.05) is 0 Å². The van der Waals surface area contributed by atoms with E-state index >= 15 is 0 Å². The minimum atomic E-state index is -0.397. The highest BCUT2D eigenvalue weighted by atomic mass is 16.3. The summed E-state index contributed by atoms with van der Waals surface area (Å²) in [5.41, 5.74) is 0.247. The number of aromatic hydroxyl groups is 1. The molecular weight excluding hydrogens is 272 g/mol. The zero-order chi connectivity index (χ0) is 14.8. The number of azo groups is 1. The Morgan fingerprint density at radius 2 is 1.33 bits per heavy atom. The molecule has 0 fully saturated rings. The van der Waals surface area contributed by atoms with Crippen LogP contribution in [0.15, 0.2) is 62.3 Å². The monoisotopic (exact) mass is 282 g/mol. The van der Waals surface area contributed by atoms with Crippen LogP contribution in [0.25, 0.3) is 10.8 Å². The molecule has 3 rings (SSSR count). The molecule has 0 unspecified atom stereocenters. The van der Waals surface area contributed by atoms with Gasteiger partial charge in [0.2, 0.25) is 0 Å². The molecule has 7 nitrogen and oxygen atoms in total. The van der Waals surface area contributed by atoms with Gasteiger partial charge in [-0.3, -0.25) is 19.8 Å². The number of nitrogens with one attached hydrogen (secondary N) is 2. The van der Waals surface area contributed by atoms with Crippen LogP contribution < -0.4 is 11.1 Å². The topological polar surface area (TPSA) is 111 Å². The number of phenols is 1. The van der Waals surface area contributed by atoms with Crippen LogP contribution in [0.4, 0.5) is 11.4 Å². The zero-order valence-electron chi connectivity index (χ0n) is 10.7. The second-order valence-corrected chi connectivity index (χ2v) is 4.35. The highest BCUT2D eigenvalue weighted by Crippen LogP contribution is 2.21. The third-order valence-corrected chi connectivity index (χ3v) is 2.91. The number of hydrogen-bond acceptors (Lipinski definition) is 5. The average molecular weight is 282 g/mol. The van der Waals surface area contributed by atoms with Crippen molar-refractivity contribution in [1.29, 1.82) is 0 Å². The smallest absolute Gasteiger partial charge is 0.270 e. The largest absolute Gasteiger partial charge is 0.508 e. The Labute approximate surface area is 117 Å². The molecule has 0 aliphatic rings. The summed E-state index contributed by atoms with van der Waals surface area (Å²) in [6.45, 7) is 0. The Morgan fingerprint density at radius 3 is 2.05 bits per heavy atom. The lowest BCUT2D eigenvalue weighted by Gasteiger charge is -1.97. The molecule has 0 aliphatic heterocycles. The third-order valence-electron chi connectivity index (χ3n) is 2.91. The van der Waals surface area contributed by atoms with Gasteiger partial charge < -0.3 is 5.11 Å². The number of H-pyrrole nitrogens is 2. The molecule has 0 saturated carbocycles. The quantitative estimate of drug-likeness (QED) is 0.627. The van der Waals surface area contributed by atoms with E-state index in [9.17, 15) is 14.7 Å². The summed E-state index contributed by atoms with van der Waals surface area (Å²) in [4.78, 5) is 23.2. The van der Waals surface area contributed by atoms with E-state index in [1.807, 2.05) is 0 Å². The van der Waals surface area contributed by atoms with E-state index in [4.69, 9.17) is 0 Å². The van der Waals surface area contributed by atoms with Crippen molar-refractivity contribution in [2.45, 2.75) is 0 Å². The molecule has 0 spiro atoms. The highest BCUT2D eigenvalue weighted by molar-refractivity contribution is 5.83. The standard InChI is InChI=1S/C14H10N4O3/c19-10-4-1-8(2-5-10)15-16-9-3-6-11-12(7-9)14(21)18-17-13(11)20/h1-7,19H,(H,17,20)(H,18,21). The van der Waals surface area contributed by atoms with Gasteiger partial charge in [0.15, 0.2) is 0 Å². The number of benzene rings is 2. The molecule has 21 heavy (non-hydrogen) atoms. The van der Waals surface area contributed by atoms with Crippen LogP contribution in [0.5, 0.6) is 5.75 Å². The summed E-state index contributed by atoms with van der Waals surface area (Å²) >= 11 is 0. The van der Waals surface area contributed by atoms with Gasteiger partial charge in [0.05, 0.1) is 22.1 Å². The average Bonchev–Trinajstić information content (AvgIpc) is 2.50. The lowest BCUT2D eigenvalue weighted by atomic mass is 10.2. The molecule has 3 aromatic rings. The molecule has 1 heterocycles. The van der Waals surface area contributed by atoms with Gasteiger partial charge in [-0.15, -0.1) is 0 Å². The number of aromatic nitrogens is 2. The Balaban J connectivity index is 2.02. The van der Waals surface area contributed by atoms with E-state index in [0.717, 1.165) is 0 Å². The van der Waals surface area contributed by atoms with Crippen molar-refractivity contribution in [3.05, 3.63) is 63.2 Å². The summed E-state index contributed by atoms with van der Waals surface area (Å²) in [5.74, 6) is 0.144. The predicted molar refractivity (Wildman–Crippen MR) is 77.5 cm³/mol. The first-order valence-corrected chi connectivity index (χ1v) is 6.09. The van der Waals surface area contributed by atoms with Gasteiger partial charge in [-0.05, 0) is 42.5 Å². The Morgan fingerprint density at radius 1 is 0.762 bits per heavy atom. The molecule has 0 aliphatic carbocycles. The number of nitrogens with zero attached hydrogens (tertiary/aromatic N) is 2. The lowest BCUT2D eigenvalue weighted by molar-refractivity contribution is 0.475. The van der Waals surface area contributed by atoms with Crippen molar-refractivity contribution in [3.8, 4) is 5.75 Å². The predicted octanol–water partition coefficient (Wildman–Crippen LogP) is 2.34. The maximum absolute atomic E-state index is 11.7. The summed E-state index contributed by atoms with van der Waals surface area (Å²) in [6.07, 6.45) is 0. The van der Waals surface area contributed by atoms with Crippen molar-refractivity contribution in [2.24, 2.45) is 10.2 Å². The first-order valence-electron chi connectivity index (χ1n) is 6.09. The van der Waals surface area contributed by atoms with Gasteiger partial charge in [-0.25, -0.2) is 0 Å². The number of hydrogen-bond donors (Lipinski definition) is 3. The van der Waals surface area contributed by atoms with E-state index in [-0.39, 0.29) is 16.7 Å². The maximum atomic E-state index is 11.7. The second kappa shape index (κ2) is 5.04. The van der Waals surface area contributed by atoms with E-state index in [1.54, 1.807) is 18.2 Å². The zero-order valence-corrected chi connectivity index (χ0v) is 10.7. The molecule has 2 aromatic carbocycles. The van der Waals surface area contributed by atoms with Crippen LogP contribution in [0.1, 0.15) is 0 Å². The maximum Gasteiger partial charge on any atom is 0.270 e. The first kappa shape index (κ1) is 12.8. The number of aromatic amines is 2. The van der Waals surface area contributed by atoms with Crippen LogP contribution >= 0.6 is 0 Å². The second-order valence-electron chi connectivity index (χ2n) is 4.35. The summed E-state index contributed by atoms with van der Waals surface area (Å²) in [5, 5.41) is 22.2. The van der Waals surface area contributed by atoms with Crippen molar-refractivity contribution < 1.29 is 5.11 Å². The minimum Gasteiger partial charge on any atom is -0.508 e. The molecule has 104 valence electrons. The number of phenolic OH excluding ortho intramolecular Hbond substituents is 1. The summed E-state index contributed by atoms with van der Waals surface area (Å²) < 4.78 is 0. The Kier molecular flexibility index (Phi) is 3.07. The number of rotatable bonds is 2. The SMILES string of the molecule is O=c1[nH][nH]c(=O)c2cc(N=Nc3ccc(O)cc3)ccc12. The van der Waals surface area contributed by atoms with E-state index in [1.165, 1.54) is 24.3 Å². The fourth-order valence-electron chi connectivity index (χ4n) is 1.86. The van der Waals surface area contributed by atoms with Crippen LogP contribution in [-0.4, -0.2) is 15.3 Å². The van der Waals surface area contributed by atoms with E-state index in [0.29, 0.717) is 16.8 Å². The molecule has 7 heteroatoms. The third kappa shape index (κ3) is 2.57. The number of fused-ring (bicyclic) bond motifs is 1. The molecule has 3 N–H and O–H groups in total. The van der Waals surface area contributed by atoms with Gasteiger partial charge in [-0.2, -0.15) is 10.2 Å². The van der Waals surface area contributed by atoms with Gasteiger partial charge in [0, 0.05) is 0 Å². The van der Waals surface area contributed by atoms with Gasteiger partial charge in [0.25, 0.3) is 11.1 Å². The molecule has 0 saturated heterocycles. The molecule has 0 radical (unpaired) electrons. The fourth-order valence-corrected chi connectivity index (χ4v) is 1.86. The molecule has 0 atom stereocenters. The lowest BCUT2D eigenvalue weighted by Crippen LogP contribution is -2.18. The van der Waals surface area contributed by atoms with E-state index in [2.05, 4.69) is 20.4 Å².